The molecule has 1 fully saturated rings. The van der Waals surface area contributed by atoms with E-state index in [0.717, 1.165) is 31.3 Å². The van der Waals surface area contributed by atoms with Gasteiger partial charge in [0, 0.05) is 19.1 Å². The van der Waals surface area contributed by atoms with E-state index in [1.165, 1.54) is 19.4 Å². The van der Waals surface area contributed by atoms with Crippen molar-refractivity contribution in [3.05, 3.63) is 6.33 Å². The third-order valence-corrected chi connectivity index (χ3v) is 3.76. The second-order valence-corrected chi connectivity index (χ2v) is 4.94. The van der Waals surface area contributed by atoms with Crippen LogP contribution in [0.15, 0.2) is 6.33 Å². The number of nitrogens with one attached hydrogen (secondary N) is 2. The number of rotatable bonds is 7. The SMILES string of the molecule is CCNc1ncnc(NCC2CCCN2CC)c1OC. The maximum absolute atomic E-state index is 5.43. The molecule has 2 rings (SSSR count). The molecule has 2 N–H and O–H groups in total. The number of methoxy groups -OCH3 is 1. The van der Waals surface area contributed by atoms with E-state index in [1.54, 1.807) is 13.4 Å². The lowest BCUT2D eigenvalue weighted by Gasteiger charge is -2.23. The van der Waals surface area contributed by atoms with E-state index in [9.17, 15) is 0 Å². The van der Waals surface area contributed by atoms with Crippen molar-refractivity contribution in [1.29, 1.82) is 0 Å². The highest BCUT2D eigenvalue weighted by Gasteiger charge is 2.23. The van der Waals surface area contributed by atoms with E-state index >= 15 is 0 Å². The van der Waals surface area contributed by atoms with Gasteiger partial charge in [0.2, 0.25) is 5.75 Å². The molecular formula is C14H25N5O. The summed E-state index contributed by atoms with van der Waals surface area (Å²) < 4.78 is 5.43. The average Bonchev–Trinajstić information content (AvgIpc) is 2.93. The van der Waals surface area contributed by atoms with Crippen LogP contribution in [0.2, 0.25) is 0 Å². The van der Waals surface area contributed by atoms with Gasteiger partial charge < -0.3 is 15.4 Å². The maximum Gasteiger partial charge on any atom is 0.204 e. The van der Waals surface area contributed by atoms with Crippen molar-refractivity contribution in [1.82, 2.24) is 14.9 Å². The molecule has 1 saturated heterocycles. The van der Waals surface area contributed by atoms with E-state index in [1.807, 2.05) is 6.92 Å². The fraction of sp³-hybridized carbons (Fsp3) is 0.714. The molecule has 1 aliphatic heterocycles. The van der Waals surface area contributed by atoms with E-state index in [2.05, 4.69) is 32.4 Å². The molecule has 1 aromatic heterocycles. The Balaban J connectivity index is 2.03. The van der Waals surface area contributed by atoms with Crippen molar-refractivity contribution in [2.75, 3.05) is 43.9 Å². The number of hydrogen-bond donors (Lipinski definition) is 2. The Labute approximate surface area is 120 Å². The Kier molecular flexibility index (Phi) is 5.40. The van der Waals surface area contributed by atoms with Crippen LogP contribution in [0.25, 0.3) is 0 Å². The van der Waals surface area contributed by atoms with Crippen molar-refractivity contribution >= 4 is 11.6 Å². The van der Waals surface area contributed by atoms with Gasteiger partial charge in [-0.15, -0.1) is 0 Å². The minimum atomic E-state index is 0.585. The zero-order valence-electron chi connectivity index (χ0n) is 12.6. The molecule has 0 radical (unpaired) electrons. The number of aromatic nitrogens is 2. The molecule has 1 atom stereocenters. The van der Waals surface area contributed by atoms with Crippen LogP contribution in [0.3, 0.4) is 0 Å². The smallest absolute Gasteiger partial charge is 0.204 e. The highest BCUT2D eigenvalue weighted by atomic mass is 16.5. The van der Waals surface area contributed by atoms with Gasteiger partial charge in [-0.1, -0.05) is 6.92 Å². The average molecular weight is 279 g/mol. The van der Waals surface area contributed by atoms with Crippen molar-refractivity contribution < 1.29 is 4.74 Å². The van der Waals surface area contributed by atoms with Gasteiger partial charge in [-0.2, -0.15) is 0 Å². The van der Waals surface area contributed by atoms with Crippen molar-refractivity contribution in [2.45, 2.75) is 32.7 Å². The largest absolute Gasteiger partial charge is 0.490 e. The van der Waals surface area contributed by atoms with Crippen LogP contribution in [0.1, 0.15) is 26.7 Å². The summed E-state index contributed by atoms with van der Waals surface area (Å²) in [5.41, 5.74) is 0. The van der Waals surface area contributed by atoms with Crippen LogP contribution in [0, 0.1) is 0 Å². The van der Waals surface area contributed by atoms with Gasteiger partial charge in [-0.25, -0.2) is 9.97 Å². The van der Waals surface area contributed by atoms with Crippen LogP contribution in [0.4, 0.5) is 11.6 Å². The second-order valence-electron chi connectivity index (χ2n) is 4.94. The number of likely N-dealkylation sites (tertiary alicyclic amines) is 1. The normalized spacial score (nSPS) is 19.1. The summed E-state index contributed by atoms with van der Waals surface area (Å²) in [6.45, 7) is 8.26. The summed E-state index contributed by atoms with van der Waals surface area (Å²) in [7, 11) is 1.65. The van der Waals surface area contributed by atoms with Gasteiger partial charge in [0.15, 0.2) is 11.6 Å². The van der Waals surface area contributed by atoms with Gasteiger partial charge >= 0.3 is 0 Å². The molecule has 2 heterocycles. The monoisotopic (exact) mass is 279 g/mol. The molecule has 0 spiro atoms. The summed E-state index contributed by atoms with van der Waals surface area (Å²) in [5.74, 6) is 2.20. The number of ether oxygens (including phenoxy) is 1. The summed E-state index contributed by atoms with van der Waals surface area (Å²) in [6, 6.07) is 0.585. The Morgan fingerprint density at radius 3 is 2.70 bits per heavy atom. The van der Waals surface area contributed by atoms with Crippen molar-refractivity contribution in [2.24, 2.45) is 0 Å². The van der Waals surface area contributed by atoms with E-state index in [0.29, 0.717) is 11.8 Å². The molecule has 0 saturated carbocycles. The summed E-state index contributed by atoms with van der Waals surface area (Å²) in [5, 5.41) is 6.60. The van der Waals surface area contributed by atoms with Crippen LogP contribution in [-0.2, 0) is 0 Å². The number of likely N-dealkylation sites (N-methyl/N-ethyl adjacent to an activating group) is 1. The van der Waals surface area contributed by atoms with Crippen molar-refractivity contribution in [3.63, 3.8) is 0 Å². The first-order chi connectivity index (χ1) is 9.80. The second kappa shape index (κ2) is 7.28. The van der Waals surface area contributed by atoms with Gasteiger partial charge in [0.1, 0.15) is 6.33 Å². The van der Waals surface area contributed by atoms with E-state index in [-0.39, 0.29) is 0 Å². The van der Waals surface area contributed by atoms with Crippen LogP contribution >= 0.6 is 0 Å². The first kappa shape index (κ1) is 14.8. The molecule has 1 aliphatic rings. The van der Waals surface area contributed by atoms with Gasteiger partial charge in [-0.05, 0) is 32.9 Å². The summed E-state index contributed by atoms with van der Waals surface area (Å²) in [6.07, 6.45) is 4.09. The summed E-state index contributed by atoms with van der Waals surface area (Å²) in [4.78, 5) is 11.0. The number of hydrogen-bond acceptors (Lipinski definition) is 6. The molecule has 1 aromatic rings. The first-order valence-electron chi connectivity index (χ1n) is 7.40. The first-order valence-corrected chi connectivity index (χ1v) is 7.40. The molecule has 112 valence electrons. The van der Waals surface area contributed by atoms with Crippen LogP contribution in [-0.4, -0.2) is 54.2 Å². The fourth-order valence-electron chi connectivity index (χ4n) is 2.74. The predicted octanol–water partition coefficient (Wildman–Crippen LogP) is 1.81. The third kappa shape index (κ3) is 3.30. The molecule has 1 unspecified atom stereocenters. The Hall–Kier alpha value is -1.56. The van der Waals surface area contributed by atoms with Crippen LogP contribution in [0.5, 0.6) is 5.75 Å². The quantitative estimate of drug-likeness (QED) is 0.794. The molecule has 0 bridgehead atoms. The minimum absolute atomic E-state index is 0.585. The minimum Gasteiger partial charge on any atom is -0.490 e. The lowest BCUT2D eigenvalue weighted by Crippen LogP contribution is -2.34. The zero-order valence-corrected chi connectivity index (χ0v) is 12.6. The summed E-state index contributed by atoms with van der Waals surface area (Å²) >= 11 is 0. The van der Waals surface area contributed by atoms with Gasteiger partial charge in [0.05, 0.1) is 7.11 Å². The molecule has 0 amide bonds. The fourth-order valence-corrected chi connectivity index (χ4v) is 2.74. The molecular weight excluding hydrogens is 254 g/mol. The number of anilines is 2. The lowest BCUT2D eigenvalue weighted by atomic mass is 10.2. The standard InChI is InChI=1S/C14H25N5O/c1-4-15-13-12(20-3)14(18-10-17-13)16-9-11-7-6-8-19(11)5-2/h10-11H,4-9H2,1-3H3,(H2,15,16,17,18). The Bertz CT molecular complexity index is 426. The number of nitrogens with zero attached hydrogens (tertiary/aromatic N) is 3. The predicted molar refractivity (Wildman–Crippen MR) is 81.5 cm³/mol. The highest BCUT2D eigenvalue weighted by Crippen LogP contribution is 2.29. The zero-order chi connectivity index (χ0) is 14.4. The molecule has 6 heteroatoms. The van der Waals surface area contributed by atoms with Gasteiger partial charge in [-0.3, -0.25) is 4.90 Å². The molecule has 0 aliphatic carbocycles. The molecule has 0 aromatic carbocycles. The maximum atomic E-state index is 5.43. The van der Waals surface area contributed by atoms with E-state index in [4.69, 9.17) is 4.74 Å². The molecule has 6 nitrogen and oxygen atoms in total. The van der Waals surface area contributed by atoms with Crippen LogP contribution < -0.4 is 15.4 Å². The molecule has 20 heavy (non-hydrogen) atoms. The Morgan fingerprint density at radius 1 is 1.30 bits per heavy atom. The lowest BCUT2D eigenvalue weighted by molar-refractivity contribution is 0.276. The third-order valence-electron chi connectivity index (χ3n) is 3.76. The topological polar surface area (TPSA) is 62.3 Å². The Morgan fingerprint density at radius 2 is 2.05 bits per heavy atom. The van der Waals surface area contributed by atoms with Crippen molar-refractivity contribution in [3.8, 4) is 5.75 Å². The van der Waals surface area contributed by atoms with Gasteiger partial charge in [0.25, 0.3) is 0 Å². The van der Waals surface area contributed by atoms with E-state index < -0.39 is 0 Å². The highest BCUT2D eigenvalue weighted by molar-refractivity contribution is 5.63.